The van der Waals surface area contributed by atoms with Gasteiger partial charge in [-0.25, -0.2) is 4.79 Å². The minimum atomic E-state index is -1.13. The number of aryl methyl sites for hydroxylation is 1. The van der Waals surface area contributed by atoms with Crippen molar-refractivity contribution in [1.29, 1.82) is 0 Å². The van der Waals surface area contributed by atoms with E-state index in [1.807, 2.05) is 68.4 Å². The number of nitrogens with one attached hydrogen (secondary N) is 2. The van der Waals surface area contributed by atoms with Crippen LogP contribution in [0.4, 0.5) is 4.79 Å². The summed E-state index contributed by atoms with van der Waals surface area (Å²) in [5.74, 6) is -0.657. The molecular weight excluding hydrogens is 354 g/mol. The number of urea groups is 1. The summed E-state index contributed by atoms with van der Waals surface area (Å²) in [4.78, 5) is 43.1. The van der Waals surface area contributed by atoms with Crippen LogP contribution in [-0.4, -0.2) is 34.2 Å². The van der Waals surface area contributed by atoms with Gasteiger partial charge in [0, 0.05) is 22.2 Å². The molecule has 28 heavy (non-hydrogen) atoms. The van der Waals surface area contributed by atoms with E-state index >= 15 is 0 Å². The fourth-order valence-corrected chi connectivity index (χ4v) is 3.99. The highest BCUT2D eigenvalue weighted by molar-refractivity contribution is 6.15. The summed E-state index contributed by atoms with van der Waals surface area (Å²) in [7, 11) is 0. The molecule has 2 aromatic carbocycles. The Bertz CT molecular complexity index is 1090. The zero-order chi connectivity index (χ0) is 19.9. The Balaban J connectivity index is 1.67. The van der Waals surface area contributed by atoms with Crippen LogP contribution < -0.4 is 5.32 Å². The Morgan fingerprint density at radius 2 is 1.71 bits per heavy atom. The number of carbonyl (C=O) groups excluding carboxylic acids is 3. The number of rotatable bonds is 5. The second-order valence-corrected chi connectivity index (χ2v) is 7.04. The number of amides is 3. The molecule has 1 aliphatic heterocycles. The number of carbonyl (C=O) groups is 3. The number of para-hydroxylation sites is 1. The Labute approximate surface area is 162 Å². The highest BCUT2D eigenvalue weighted by Gasteiger charge is 2.51. The monoisotopic (exact) mass is 375 g/mol. The third-order valence-electron chi connectivity index (χ3n) is 5.45. The molecule has 2 heterocycles. The van der Waals surface area contributed by atoms with Crippen LogP contribution in [0.5, 0.6) is 0 Å². The number of benzene rings is 2. The van der Waals surface area contributed by atoms with E-state index in [9.17, 15) is 14.4 Å². The number of fused-ring (bicyclic) bond motifs is 1. The fraction of sp³-hybridized carbons (Fsp3) is 0.227. The maximum absolute atomic E-state index is 13.2. The molecular formula is C22H21N3O3. The van der Waals surface area contributed by atoms with E-state index in [0.717, 1.165) is 21.5 Å². The van der Waals surface area contributed by atoms with Crippen molar-refractivity contribution in [3.05, 3.63) is 71.4 Å². The number of hydrogen-bond acceptors (Lipinski definition) is 3. The van der Waals surface area contributed by atoms with E-state index in [-0.39, 0.29) is 12.3 Å². The molecule has 0 aliphatic carbocycles. The maximum atomic E-state index is 13.2. The van der Waals surface area contributed by atoms with Crippen LogP contribution in [0.2, 0.25) is 0 Å². The predicted molar refractivity (Wildman–Crippen MR) is 106 cm³/mol. The molecule has 4 rings (SSSR count). The zero-order valence-electron chi connectivity index (χ0n) is 15.8. The number of hydrogen-bond donors (Lipinski definition) is 2. The van der Waals surface area contributed by atoms with Crippen molar-refractivity contribution in [3.63, 3.8) is 0 Å². The Kier molecular flexibility index (Phi) is 4.26. The molecule has 0 unspecified atom stereocenters. The fourth-order valence-electron chi connectivity index (χ4n) is 3.99. The number of imide groups is 1. The van der Waals surface area contributed by atoms with Gasteiger partial charge in [-0.2, -0.15) is 0 Å². The summed E-state index contributed by atoms with van der Waals surface area (Å²) in [6, 6.07) is 16.1. The van der Waals surface area contributed by atoms with E-state index in [0.29, 0.717) is 17.5 Å². The highest BCUT2D eigenvalue weighted by Crippen LogP contribution is 2.33. The first kappa shape index (κ1) is 18.0. The molecule has 2 N–H and O–H groups in total. The quantitative estimate of drug-likeness (QED) is 0.529. The van der Waals surface area contributed by atoms with Crippen LogP contribution in [0.1, 0.15) is 35.0 Å². The van der Waals surface area contributed by atoms with Crippen LogP contribution in [0.25, 0.3) is 10.9 Å². The van der Waals surface area contributed by atoms with Gasteiger partial charge < -0.3 is 10.3 Å². The summed E-state index contributed by atoms with van der Waals surface area (Å²) >= 11 is 0. The van der Waals surface area contributed by atoms with Crippen LogP contribution in [0.15, 0.2) is 54.6 Å². The molecule has 6 heteroatoms. The smallest absolute Gasteiger partial charge is 0.325 e. The number of Topliss-reactive ketones (excluding diaryl/α,β-unsaturated/α-hetero) is 1. The van der Waals surface area contributed by atoms with Gasteiger partial charge in [-0.05, 0) is 25.0 Å². The summed E-state index contributed by atoms with van der Waals surface area (Å²) in [5.41, 5.74) is 1.68. The van der Waals surface area contributed by atoms with E-state index in [4.69, 9.17) is 0 Å². The van der Waals surface area contributed by atoms with Crippen molar-refractivity contribution in [2.45, 2.75) is 25.8 Å². The Hall–Kier alpha value is -3.41. The molecule has 1 aromatic heterocycles. The van der Waals surface area contributed by atoms with Crippen molar-refractivity contribution >= 4 is 28.6 Å². The average molecular weight is 375 g/mol. The van der Waals surface area contributed by atoms with Gasteiger partial charge in [-0.15, -0.1) is 0 Å². The second-order valence-electron chi connectivity index (χ2n) is 7.04. The second kappa shape index (κ2) is 6.64. The first-order valence-electron chi connectivity index (χ1n) is 9.28. The lowest BCUT2D eigenvalue weighted by Crippen LogP contribution is -2.43. The highest BCUT2D eigenvalue weighted by atomic mass is 16.2. The van der Waals surface area contributed by atoms with Crippen LogP contribution in [0.3, 0.4) is 0 Å². The van der Waals surface area contributed by atoms with Crippen molar-refractivity contribution in [2.75, 3.05) is 6.54 Å². The largest absolute Gasteiger partial charge is 0.358 e. The lowest BCUT2D eigenvalue weighted by atomic mass is 9.87. The SMILES string of the molecule is CC[C@]1(c2ccccc2)NC(=O)N(CC(=O)c2c(C)[nH]c3ccccc23)C1=O. The molecule has 1 aliphatic rings. The topological polar surface area (TPSA) is 82.3 Å². The Morgan fingerprint density at radius 1 is 1.04 bits per heavy atom. The number of ketones is 1. The molecule has 0 saturated carbocycles. The van der Waals surface area contributed by atoms with Gasteiger partial charge in [0.1, 0.15) is 5.54 Å². The lowest BCUT2D eigenvalue weighted by Gasteiger charge is -2.25. The molecule has 1 saturated heterocycles. The number of nitrogens with zero attached hydrogens (tertiary/aromatic N) is 1. The minimum Gasteiger partial charge on any atom is -0.358 e. The van der Waals surface area contributed by atoms with Crippen molar-refractivity contribution in [3.8, 4) is 0 Å². The van der Waals surface area contributed by atoms with Crippen LogP contribution in [-0.2, 0) is 10.3 Å². The molecule has 1 atom stereocenters. The van der Waals surface area contributed by atoms with Crippen molar-refractivity contribution in [2.24, 2.45) is 0 Å². The van der Waals surface area contributed by atoms with Crippen molar-refractivity contribution < 1.29 is 14.4 Å². The predicted octanol–water partition coefficient (Wildman–Crippen LogP) is 3.52. The third kappa shape index (κ3) is 2.60. The number of aromatic nitrogens is 1. The van der Waals surface area contributed by atoms with E-state index in [2.05, 4.69) is 10.3 Å². The van der Waals surface area contributed by atoms with Gasteiger partial charge in [0.2, 0.25) is 0 Å². The van der Waals surface area contributed by atoms with Gasteiger partial charge in [-0.1, -0.05) is 55.5 Å². The van der Waals surface area contributed by atoms with Crippen molar-refractivity contribution in [1.82, 2.24) is 15.2 Å². The van der Waals surface area contributed by atoms with Gasteiger partial charge in [0.25, 0.3) is 5.91 Å². The molecule has 1 fully saturated rings. The Morgan fingerprint density at radius 3 is 2.43 bits per heavy atom. The summed E-state index contributed by atoms with van der Waals surface area (Å²) < 4.78 is 0. The normalized spacial score (nSPS) is 19.3. The van der Waals surface area contributed by atoms with Crippen LogP contribution >= 0.6 is 0 Å². The summed E-state index contributed by atoms with van der Waals surface area (Å²) in [6.45, 7) is 3.38. The van der Waals surface area contributed by atoms with E-state index < -0.39 is 17.5 Å². The van der Waals surface area contributed by atoms with Gasteiger partial charge in [0.15, 0.2) is 5.78 Å². The third-order valence-corrected chi connectivity index (χ3v) is 5.45. The molecule has 0 radical (unpaired) electrons. The van der Waals surface area contributed by atoms with Crippen LogP contribution in [0, 0.1) is 6.92 Å². The number of H-pyrrole nitrogens is 1. The molecule has 6 nitrogen and oxygen atoms in total. The maximum Gasteiger partial charge on any atom is 0.325 e. The standard InChI is InChI=1S/C22H21N3O3/c1-3-22(15-9-5-4-6-10-15)20(27)25(21(28)24-22)13-18(26)19-14(2)23-17-12-8-7-11-16(17)19/h4-12,23H,3,13H2,1-2H3,(H,24,28)/t22-/m1/s1. The summed E-state index contributed by atoms with van der Waals surface area (Å²) in [6.07, 6.45) is 0.401. The summed E-state index contributed by atoms with van der Waals surface area (Å²) in [5, 5.41) is 3.61. The molecule has 3 aromatic rings. The minimum absolute atomic E-state index is 0.265. The van der Waals surface area contributed by atoms with E-state index in [1.54, 1.807) is 0 Å². The molecule has 142 valence electrons. The number of aromatic amines is 1. The lowest BCUT2D eigenvalue weighted by molar-refractivity contribution is -0.131. The zero-order valence-corrected chi connectivity index (χ0v) is 15.8. The first-order valence-corrected chi connectivity index (χ1v) is 9.28. The average Bonchev–Trinajstić information content (AvgIpc) is 3.17. The van der Waals surface area contributed by atoms with Gasteiger partial charge in [0.05, 0.1) is 6.54 Å². The molecule has 3 amide bonds. The van der Waals surface area contributed by atoms with E-state index in [1.165, 1.54) is 0 Å². The first-order chi connectivity index (χ1) is 13.5. The van der Waals surface area contributed by atoms with Gasteiger partial charge >= 0.3 is 6.03 Å². The molecule has 0 spiro atoms. The molecule has 0 bridgehead atoms. The van der Waals surface area contributed by atoms with Gasteiger partial charge in [-0.3, -0.25) is 14.5 Å².